The van der Waals surface area contributed by atoms with Gasteiger partial charge < -0.3 is 22.1 Å². The van der Waals surface area contributed by atoms with Crippen LogP contribution in [-0.2, 0) is 14.4 Å². The lowest BCUT2D eigenvalue weighted by Gasteiger charge is -2.10. The molecule has 0 saturated heterocycles. The third-order valence-electron chi connectivity index (χ3n) is 1.78. The minimum Gasteiger partial charge on any atom is -0.370 e. The van der Waals surface area contributed by atoms with E-state index in [9.17, 15) is 14.4 Å². The first kappa shape index (κ1) is 14.4. The number of carbonyl (C=O) groups is 3. The Balaban J connectivity index is 3.72. The van der Waals surface area contributed by atoms with E-state index in [1.165, 1.54) is 0 Å². The van der Waals surface area contributed by atoms with Crippen molar-refractivity contribution in [3.8, 4) is 0 Å². The standard InChI is InChI=1S/C9H18N4O3/c1-2-12-8(15)3-4-13-9(16)6(10)5-7(11)14/h6H,2-5,10H2,1H3,(H2,11,14)(H,12,15)(H,13,16). The van der Waals surface area contributed by atoms with E-state index in [0.717, 1.165) is 0 Å². The molecule has 0 aliphatic rings. The van der Waals surface area contributed by atoms with Crippen LogP contribution in [0, 0.1) is 0 Å². The fraction of sp³-hybridized carbons (Fsp3) is 0.667. The molecule has 0 aromatic rings. The smallest absolute Gasteiger partial charge is 0.237 e. The van der Waals surface area contributed by atoms with Crippen LogP contribution in [0.1, 0.15) is 19.8 Å². The number of primary amides is 1. The summed E-state index contributed by atoms with van der Waals surface area (Å²) in [6.07, 6.45) is -0.0180. The van der Waals surface area contributed by atoms with E-state index in [4.69, 9.17) is 11.5 Å². The van der Waals surface area contributed by atoms with E-state index in [0.29, 0.717) is 6.54 Å². The Hall–Kier alpha value is -1.63. The number of hydrogen-bond acceptors (Lipinski definition) is 4. The van der Waals surface area contributed by atoms with Crippen LogP contribution < -0.4 is 22.1 Å². The highest BCUT2D eigenvalue weighted by Crippen LogP contribution is 1.87. The van der Waals surface area contributed by atoms with Gasteiger partial charge in [0.2, 0.25) is 17.7 Å². The first-order valence-corrected chi connectivity index (χ1v) is 5.05. The molecule has 0 bridgehead atoms. The van der Waals surface area contributed by atoms with E-state index >= 15 is 0 Å². The third kappa shape index (κ3) is 6.77. The van der Waals surface area contributed by atoms with Gasteiger partial charge in [0.05, 0.1) is 12.5 Å². The fourth-order valence-electron chi connectivity index (χ4n) is 1.03. The minimum absolute atomic E-state index is 0.147. The monoisotopic (exact) mass is 230 g/mol. The molecule has 6 N–H and O–H groups in total. The van der Waals surface area contributed by atoms with Gasteiger partial charge in [0.1, 0.15) is 0 Å². The van der Waals surface area contributed by atoms with Gasteiger partial charge in [-0.3, -0.25) is 14.4 Å². The Bertz CT molecular complexity index is 267. The Morgan fingerprint density at radius 1 is 1.25 bits per heavy atom. The maximum absolute atomic E-state index is 11.2. The van der Waals surface area contributed by atoms with E-state index in [1.807, 2.05) is 0 Å². The molecule has 0 rings (SSSR count). The van der Waals surface area contributed by atoms with Crippen molar-refractivity contribution in [1.29, 1.82) is 0 Å². The van der Waals surface area contributed by atoms with Crippen LogP contribution in [0.5, 0.6) is 0 Å². The number of hydrogen-bond donors (Lipinski definition) is 4. The van der Waals surface area contributed by atoms with Crippen LogP contribution in [0.15, 0.2) is 0 Å². The van der Waals surface area contributed by atoms with Gasteiger partial charge in [-0.15, -0.1) is 0 Å². The largest absolute Gasteiger partial charge is 0.370 e. The Kier molecular flexibility index (Phi) is 6.86. The summed E-state index contributed by atoms with van der Waals surface area (Å²) in [4.78, 5) is 32.7. The van der Waals surface area contributed by atoms with Gasteiger partial charge in [0.25, 0.3) is 0 Å². The second-order valence-electron chi connectivity index (χ2n) is 3.27. The van der Waals surface area contributed by atoms with Crippen molar-refractivity contribution in [2.45, 2.75) is 25.8 Å². The Labute approximate surface area is 93.9 Å². The normalized spacial score (nSPS) is 11.6. The highest BCUT2D eigenvalue weighted by molar-refractivity contribution is 5.87. The predicted octanol–water partition coefficient (Wildman–Crippen LogP) is -2.17. The van der Waals surface area contributed by atoms with Crippen molar-refractivity contribution in [3.05, 3.63) is 0 Å². The van der Waals surface area contributed by atoms with Crippen molar-refractivity contribution >= 4 is 17.7 Å². The first-order chi connectivity index (χ1) is 7.47. The van der Waals surface area contributed by atoms with Crippen LogP contribution in [-0.4, -0.2) is 36.9 Å². The molecule has 0 aromatic carbocycles. The molecular formula is C9H18N4O3. The molecule has 0 radical (unpaired) electrons. The molecule has 16 heavy (non-hydrogen) atoms. The molecule has 0 aliphatic carbocycles. The van der Waals surface area contributed by atoms with Crippen molar-refractivity contribution in [1.82, 2.24) is 10.6 Å². The van der Waals surface area contributed by atoms with Crippen LogP contribution in [0.25, 0.3) is 0 Å². The van der Waals surface area contributed by atoms with Crippen LogP contribution >= 0.6 is 0 Å². The lowest BCUT2D eigenvalue weighted by Crippen LogP contribution is -2.44. The molecule has 7 nitrogen and oxygen atoms in total. The number of carbonyl (C=O) groups excluding carboxylic acids is 3. The van der Waals surface area contributed by atoms with Gasteiger partial charge in [-0.1, -0.05) is 0 Å². The molecule has 0 fully saturated rings. The van der Waals surface area contributed by atoms with E-state index < -0.39 is 17.9 Å². The van der Waals surface area contributed by atoms with Crippen molar-refractivity contribution in [2.24, 2.45) is 11.5 Å². The molecule has 0 saturated carbocycles. The lowest BCUT2D eigenvalue weighted by molar-refractivity contribution is -0.126. The molecule has 7 heteroatoms. The van der Waals surface area contributed by atoms with Gasteiger partial charge >= 0.3 is 0 Å². The summed E-state index contributed by atoms with van der Waals surface area (Å²) in [5, 5.41) is 5.03. The summed E-state index contributed by atoms with van der Waals surface area (Å²) >= 11 is 0. The van der Waals surface area contributed by atoms with Crippen molar-refractivity contribution in [3.63, 3.8) is 0 Å². The maximum atomic E-state index is 11.2. The molecule has 1 unspecified atom stereocenters. The average molecular weight is 230 g/mol. The quantitative estimate of drug-likeness (QED) is 0.397. The Morgan fingerprint density at radius 3 is 2.38 bits per heavy atom. The van der Waals surface area contributed by atoms with Crippen LogP contribution in [0.2, 0.25) is 0 Å². The van der Waals surface area contributed by atoms with Gasteiger partial charge in [-0.05, 0) is 6.92 Å². The molecule has 0 spiro atoms. The third-order valence-corrected chi connectivity index (χ3v) is 1.78. The van der Waals surface area contributed by atoms with Crippen LogP contribution in [0.4, 0.5) is 0 Å². The van der Waals surface area contributed by atoms with Gasteiger partial charge in [-0.25, -0.2) is 0 Å². The topological polar surface area (TPSA) is 127 Å². The molecule has 1 atom stereocenters. The SMILES string of the molecule is CCNC(=O)CCNC(=O)C(N)CC(N)=O. The zero-order valence-electron chi connectivity index (χ0n) is 9.29. The molecule has 92 valence electrons. The summed E-state index contributed by atoms with van der Waals surface area (Å²) in [6, 6.07) is -0.952. The highest BCUT2D eigenvalue weighted by atomic mass is 16.2. The number of nitrogens with two attached hydrogens (primary N) is 2. The molecule has 0 aromatic heterocycles. The second kappa shape index (κ2) is 7.63. The number of nitrogens with one attached hydrogen (secondary N) is 2. The van der Waals surface area contributed by atoms with E-state index in [2.05, 4.69) is 10.6 Å². The zero-order valence-corrected chi connectivity index (χ0v) is 9.29. The van der Waals surface area contributed by atoms with Crippen molar-refractivity contribution < 1.29 is 14.4 Å². The maximum Gasteiger partial charge on any atom is 0.237 e. The van der Waals surface area contributed by atoms with Crippen LogP contribution in [0.3, 0.4) is 0 Å². The zero-order chi connectivity index (χ0) is 12.6. The molecule has 0 heterocycles. The average Bonchev–Trinajstić information content (AvgIpc) is 2.16. The van der Waals surface area contributed by atoms with Crippen molar-refractivity contribution in [2.75, 3.05) is 13.1 Å². The fourth-order valence-corrected chi connectivity index (χ4v) is 1.03. The van der Waals surface area contributed by atoms with Gasteiger partial charge in [-0.2, -0.15) is 0 Å². The summed E-state index contributed by atoms with van der Waals surface area (Å²) in [5.74, 6) is -1.26. The summed E-state index contributed by atoms with van der Waals surface area (Å²) in [6.45, 7) is 2.55. The molecular weight excluding hydrogens is 212 g/mol. The highest BCUT2D eigenvalue weighted by Gasteiger charge is 2.15. The van der Waals surface area contributed by atoms with Gasteiger partial charge in [0.15, 0.2) is 0 Å². The molecule has 3 amide bonds. The molecule has 0 aliphatic heterocycles. The predicted molar refractivity (Wildman–Crippen MR) is 58.1 cm³/mol. The summed E-state index contributed by atoms with van der Waals surface area (Å²) < 4.78 is 0. The van der Waals surface area contributed by atoms with Gasteiger partial charge in [0, 0.05) is 19.5 Å². The van der Waals surface area contributed by atoms with E-state index in [-0.39, 0.29) is 25.3 Å². The Morgan fingerprint density at radius 2 is 1.88 bits per heavy atom. The first-order valence-electron chi connectivity index (χ1n) is 5.05. The number of rotatable bonds is 7. The summed E-state index contributed by atoms with van der Waals surface area (Å²) in [5.41, 5.74) is 10.3. The number of amides is 3. The summed E-state index contributed by atoms with van der Waals surface area (Å²) in [7, 11) is 0. The second-order valence-corrected chi connectivity index (χ2v) is 3.27. The minimum atomic E-state index is -0.952. The van der Waals surface area contributed by atoms with E-state index in [1.54, 1.807) is 6.92 Å². The lowest BCUT2D eigenvalue weighted by atomic mass is 10.2.